The number of hydrogen-bond acceptors (Lipinski definition) is 1. The summed E-state index contributed by atoms with van der Waals surface area (Å²) in [5.41, 5.74) is 3.20. The predicted octanol–water partition coefficient (Wildman–Crippen LogP) is 4.35. The quantitative estimate of drug-likeness (QED) is 0.662. The molecule has 1 aromatic heterocycles. The molecule has 124 valence electrons. The van der Waals surface area contributed by atoms with E-state index >= 15 is 0 Å². The summed E-state index contributed by atoms with van der Waals surface area (Å²) < 4.78 is 18.8. The standard InChI is InChI=1S/C20H19ClFNO/c1-14-18(3-2-4-19(14)21)20-10-9-17(24-20)13-23-12-11-15-5-7-16(22)8-6-15/h2-10,23H,11-13H2,1H3/p+1. The predicted molar refractivity (Wildman–Crippen MR) is 94.5 cm³/mol. The molecule has 4 heteroatoms. The van der Waals surface area contributed by atoms with Crippen molar-refractivity contribution in [3.63, 3.8) is 0 Å². The minimum absolute atomic E-state index is 0.192. The SMILES string of the molecule is Cc1c(Cl)cccc1-c1ccc(C[NH2+]CCc2ccc(F)cc2)o1. The van der Waals surface area contributed by atoms with Crippen LogP contribution in [0.4, 0.5) is 4.39 Å². The van der Waals surface area contributed by atoms with Crippen molar-refractivity contribution in [3.05, 3.63) is 82.3 Å². The van der Waals surface area contributed by atoms with E-state index in [0.29, 0.717) is 0 Å². The van der Waals surface area contributed by atoms with Crippen molar-refractivity contribution >= 4 is 11.6 Å². The van der Waals surface area contributed by atoms with Crippen molar-refractivity contribution in [2.75, 3.05) is 6.54 Å². The monoisotopic (exact) mass is 344 g/mol. The van der Waals surface area contributed by atoms with Gasteiger partial charge in [0.15, 0.2) is 5.76 Å². The Labute approximate surface area is 146 Å². The van der Waals surface area contributed by atoms with Gasteiger partial charge in [-0.15, -0.1) is 0 Å². The van der Waals surface area contributed by atoms with Crippen molar-refractivity contribution < 1.29 is 14.1 Å². The van der Waals surface area contributed by atoms with Crippen molar-refractivity contribution in [2.45, 2.75) is 19.9 Å². The van der Waals surface area contributed by atoms with Gasteiger partial charge in [0.1, 0.15) is 18.1 Å². The van der Waals surface area contributed by atoms with Gasteiger partial charge in [-0.3, -0.25) is 0 Å². The topological polar surface area (TPSA) is 29.8 Å². The molecule has 0 atom stereocenters. The van der Waals surface area contributed by atoms with Crippen LogP contribution in [0.2, 0.25) is 5.02 Å². The van der Waals surface area contributed by atoms with Crippen molar-refractivity contribution in [3.8, 4) is 11.3 Å². The van der Waals surface area contributed by atoms with Crippen LogP contribution in [0.3, 0.4) is 0 Å². The van der Waals surface area contributed by atoms with Gasteiger partial charge in [0.05, 0.1) is 6.54 Å². The van der Waals surface area contributed by atoms with E-state index in [4.69, 9.17) is 16.0 Å². The molecule has 0 aliphatic rings. The molecule has 0 aliphatic heterocycles. The lowest BCUT2D eigenvalue weighted by Crippen LogP contribution is -2.83. The second-order valence-corrected chi connectivity index (χ2v) is 6.24. The first-order valence-corrected chi connectivity index (χ1v) is 8.41. The highest BCUT2D eigenvalue weighted by atomic mass is 35.5. The van der Waals surface area contributed by atoms with E-state index in [2.05, 4.69) is 5.32 Å². The fourth-order valence-corrected chi connectivity index (χ4v) is 2.85. The van der Waals surface area contributed by atoms with Gasteiger partial charge in [0.2, 0.25) is 0 Å². The molecule has 0 saturated carbocycles. The second-order valence-electron chi connectivity index (χ2n) is 5.84. The van der Waals surface area contributed by atoms with E-state index in [1.54, 1.807) is 0 Å². The molecule has 2 aromatic carbocycles. The normalized spacial score (nSPS) is 11.0. The van der Waals surface area contributed by atoms with E-state index in [-0.39, 0.29) is 5.82 Å². The van der Waals surface area contributed by atoms with Crippen molar-refractivity contribution in [1.29, 1.82) is 0 Å². The largest absolute Gasteiger partial charge is 0.455 e. The van der Waals surface area contributed by atoms with Gasteiger partial charge in [-0.25, -0.2) is 4.39 Å². The number of rotatable bonds is 6. The third-order valence-corrected chi connectivity index (χ3v) is 4.50. The number of quaternary nitrogens is 1. The maximum absolute atomic E-state index is 12.9. The van der Waals surface area contributed by atoms with Crippen molar-refractivity contribution in [2.24, 2.45) is 0 Å². The fraction of sp³-hybridized carbons (Fsp3) is 0.200. The molecule has 24 heavy (non-hydrogen) atoms. The van der Waals surface area contributed by atoms with Crippen LogP contribution in [0.25, 0.3) is 11.3 Å². The third kappa shape index (κ3) is 4.05. The van der Waals surface area contributed by atoms with Gasteiger partial charge in [0.25, 0.3) is 0 Å². The number of nitrogens with two attached hydrogens (primary N) is 1. The number of halogens is 2. The summed E-state index contributed by atoms with van der Waals surface area (Å²) in [4.78, 5) is 0. The van der Waals surface area contributed by atoms with Crippen LogP contribution in [-0.4, -0.2) is 6.54 Å². The summed E-state index contributed by atoms with van der Waals surface area (Å²) >= 11 is 6.17. The molecule has 2 nitrogen and oxygen atoms in total. The molecular formula is C20H20ClFNO+. The van der Waals surface area contributed by atoms with E-state index in [1.807, 2.05) is 49.4 Å². The number of hydrogen-bond donors (Lipinski definition) is 1. The van der Waals surface area contributed by atoms with Crippen LogP contribution in [0.15, 0.2) is 59.0 Å². The molecular weight excluding hydrogens is 325 g/mol. The molecule has 1 heterocycles. The zero-order valence-corrected chi connectivity index (χ0v) is 14.3. The molecule has 0 fully saturated rings. The van der Waals surface area contributed by atoms with Crippen LogP contribution >= 0.6 is 11.6 Å². The van der Waals surface area contributed by atoms with Gasteiger partial charge in [-0.1, -0.05) is 35.9 Å². The number of benzene rings is 2. The highest BCUT2D eigenvalue weighted by Gasteiger charge is 2.10. The molecule has 0 radical (unpaired) electrons. The zero-order valence-electron chi connectivity index (χ0n) is 13.6. The second kappa shape index (κ2) is 7.65. The summed E-state index contributed by atoms with van der Waals surface area (Å²) in [7, 11) is 0. The molecule has 0 aliphatic carbocycles. The Morgan fingerprint density at radius 1 is 1.04 bits per heavy atom. The highest BCUT2D eigenvalue weighted by molar-refractivity contribution is 6.31. The minimum Gasteiger partial charge on any atom is -0.455 e. The highest BCUT2D eigenvalue weighted by Crippen LogP contribution is 2.29. The molecule has 0 amide bonds. The Bertz CT molecular complexity index is 811. The summed E-state index contributed by atoms with van der Waals surface area (Å²) in [6, 6.07) is 16.5. The lowest BCUT2D eigenvalue weighted by molar-refractivity contribution is -0.671. The average Bonchev–Trinajstić information content (AvgIpc) is 3.04. The summed E-state index contributed by atoms with van der Waals surface area (Å²) in [5.74, 6) is 1.59. The van der Waals surface area contributed by atoms with E-state index < -0.39 is 0 Å². The van der Waals surface area contributed by atoms with Gasteiger partial charge in [0, 0.05) is 17.0 Å². The van der Waals surface area contributed by atoms with Gasteiger partial charge in [-0.05, 0) is 48.4 Å². The Morgan fingerprint density at radius 2 is 1.83 bits per heavy atom. The first-order chi connectivity index (χ1) is 11.6. The molecule has 3 aromatic rings. The summed E-state index contributed by atoms with van der Waals surface area (Å²) in [5, 5.41) is 2.94. The smallest absolute Gasteiger partial charge is 0.158 e. The summed E-state index contributed by atoms with van der Waals surface area (Å²) in [6.45, 7) is 3.70. The maximum atomic E-state index is 12.9. The fourth-order valence-electron chi connectivity index (χ4n) is 2.67. The van der Waals surface area contributed by atoms with Crippen LogP contribution in [0.5, 0.6) is 0 Å². The van der Waals surface area contributed by atoms with E-state index in [9.17, 15) is 4.39 Å². The average molecular weight is 345 g/mol. The van der Waals surface area contributed by atoms with Crippen LogP contribution in [0.1, 0.15) is 16.9 Å². The van der Waals surface area contributed by atoms with E-state index in [1.165, 1.54) is 12.1 Å². The minimum atomic E-state index is -0.192. The lowest BCUT2D eigenvalue weighted by atomic mass is 10.1. The summed E-state index contributed by atoms with van der Waals surface area (Å²) in [6.07, 6.45) is 0.904. The first kappa shape index (κ1) is 16.7. The molecule has 0 spiro atoms. The van der Waals surface area contributed by atoms with Crippen LogP contribution in [-0.2, 0) is 13.0 Å². The third-order valence-electron chi connectivity index (χ3n) is 4.09. The van der Waals surface area contributed by atoms with E-state index in [0.717, 1.165) is 52.7 Å². The number of furan rings is 1. The van der Waals surface area contributed by atoms with Gasteiger partial charge in [-0.2, -0.15) is 0 Å². The lowest BCUT2D eigenvalue weighted by Gasteiger charge is -2.04. The van der Waals surface area contributed by atoms with Crippen LogP contribution in [0, 0.1) is 12.7 Å². The maximum Gasteiger partial charge on any atom is 0.158 e. The Hall–Kier alpha value is -2.10. The van der Waals surface area contributed by atoms with Gasteiger partial charge < -0.3 is 9.73 Å². The molecule has 2 N–H and O–H groups in total. The molecule has 3 rings (SSSR count). The van der Waals surface area contributed by atoms with Crippen molar-refractivity contribution in [1.82, 2.24) is 0 Å². The van der Waals surface area contributed by atoms with Gasteiger partial charge >= 0.3 is 0 Å². The van der Waals surface area contributed by atoms with Crippen LogP contribution < -0.4 is 5.32 Å². The first-order valence-electron chi connectivity index (χ1n) is 8.04. The Morgan fingerprint density at radius 3 is 2.62 bits per heavy atom. The zero-order chi connectivity index (χ0) is 16.9. The molecule has 0 saturated heterocycles. The Kier molecular flexibility index (Phi) is 5.34. The molecule has 0 unspecified atom stereocenters. The molecule has 0 bridgehead atoms. The Balaban J connectivity index is 1.54.